The molecule has 0 unspecified atom stereocenters. The minimum Gasteiger partial charge on any atom is -0.465 e. The van der Waals surface area contributed by atoms with E-state index < -0.39 is 21.9 Å². The number of carbonyl (C=O) groups is 2. The first-order valence-electron chi connectivity index (χ1n) is 9.19. The van der Waals surface area contributed by atoms with Crippen LogP contribution in [0.15, 0.2) is 65.6 Å². The Morgan fingerprint density at radius 3 is 2.12 bits per heavy atom. The monoisotopic (exact) mass is 492 g/mol. The number of hydrogen-bond donors (Lipinski definition) is 2. The molecule has 0 fully saturated rings. The summed E-state index contributed by atoms with van der Waals surface area (Å²) in [6.45, 7) is 1.85. The Morgan fingerprint density at radius 2 is 1.50 bits per heavy atom. The number of rotatable bonds is 6. The number of nitrogens with one attached hydrogen (secondary N) is 2. The Balaban J connectivity index is 1.78. The third kappa shape index (κ3) is 5.40. The van der Waals surface area contributed by atoms with Crippen LogP contribution in [0.2, 0.25) is 10.0 Å². The van der Waals surface area contributed by atoms with E-state index in [-0.39, 0.29) is 31.8 Å². The van der Waals surface area contributed by atoms with Gasteiger partial charge in [-0.05, 0) is 55.5 Å². The van der Waals surface area contributed by atoms with Gasteiger partial charge in [-0.25, -0.2) is 13.2 Å². The summed E-state index contributed by atoms with van der Waals surface area (Å²) in [5.74, 6) is -1.20. The maximum atomic E-state index is 12.6. The quantitative estimate of drug-likeness (QED) is 0.463. The van der Waals surface area contributed by atoms with Gasteiger partial charge in [0.05, 0.1) is 38.9 Å². The van der Waals surface area contributed by atoms with E-state index in [1.54, 1.807) is 12.1 Å². The Hall–Kier alpha value is -3.07. The van der Waals surface area contributed by atoms with E-state index in [2.05, 4.69) is 14.8 Å². The number of benzene rings is 3. The second kappa shape index (κ2) is 9.60. The van der Waals surface area contributed by atoms with Crippen LogP contribution < -0.4 is 10.0 Å². The Kier molecular flexibility index (Phi) is 7.08. The van der Waals surface area contributed by atoms with Crippen LogP contribution in [-0.2, 0) is 14.8 Å². The second-order valence-corrected chi connectivity index (χ2v) is 9.25. The summed E-state index contributed by atoms with van der Waals surface area (Å²) in [5.41, 5.74) is 1.65. The molecule has 0 saturated carbocycles. The summed E-state index contributed by atoms with van der Waals surface area (Å²) in [4.78, 5) is 24.5. The number of hydrogen-bond acceptors (Lipinski definition) is 5. The topological polar surface area (TPSA) is 102 Å². The largest absolute Gasteiger partial charge is 0.465 e. The van der Waals surface area contributed by atoms with Gasteiger partial charge in [0.1, 0.15) is 0 Å². The first-order valence-corrected chi connectivity index (χ1v) is 11.4. The summed E-state index contributed by atoms with van der Waals surface area (Å²) in [6, 6.07) is 14.9. The standard InChI is InChI=1S/C22H18Cl2N2O5S/c1-13-3-7-16(8-4-13)32(29,30)26-15-5-9-17(20(24)12-15)21(27)25-14-6-10-19(23)18(11-14)22(28)31-2/h3-12,26H,1-2H3,(H,25,27). The highest BCUT2D eigenvalue weighted by molar-refractivity contribution is 7.92. The fraction of sp³-hybridized carbons (Fsp3) is 0.0909. The highest BCUT2D eigenvalue weighted by Crippen LogP contribution is 2.26. The summed E-state index contributed by atoms with van der Waals surface area (Å²) < 4.78 is 32.2. The number of aryl methyl sites for hydroxylation is 1. The molecule has 32 heavy (non-hydrogen) atoms. The molecule has 0 saturated heterocycles. The van der Waals surface area contributed by atoms with Crippen molar-refractivity contribution in [1.29, 1.82) is 0 Å². The molecule has 3 rings (SSSR count). The summed E-state index contributed by atoms with van der Waals surface area (Å²) in [5, 5.41) is 2.83. The van der Waals surface area contributed by atoms with Gasteiger partial charge in [-0.2, -0.15) is 0 Å². The minimum absolute atomic E-state index is 0.0359. The zero-order chi connectivity index (χ0) is 23.5. The maximum Gasteiger partial charge on any atom is 0.339 e. The minimum atomic E-state index is -3.81. The molecule has 0 aliphatic heterocycles. The first-order chi connectivity index (χ1) is 15.1. The lowest BCUT2D eigenvalue weighted by Gasteiger charge is -2.12. The van der Waals surface area contributed by atoms with Gasteiger partial charge >= 0.3 is 5.97 Å². The zero-order valence-corrected chi connectivity index (χ0v) is 19.3. The molecule has 0 aliphatic rings. The number of halogens is 2. The van der Waals surface area contributed by atoms with E-state index in [9.17, 15) is 18.0 Å². The van der Waals surface area contributed by atoms with Gasteiger partial charge in [-0.15, -0.1) is 0 Å². The predicted octanol–water partition coefficient (Wildman–Crippen LogP) is 5.14. The second-order valence-electron chi connectivity index (χ2n) is 6.75. The van der Waals surface area contributed by atoms with Gasteiger partial charge in [-0.1, -0.05) is 40.9 Å². The Labute approximate surface area is 195 Å². The Bertz CT molecular complexity index is 1290. The van der Waals surface area contributed by atoms with Crippen LogP contribution >= 0.6 is 23.2 Å². The van der Waals surface area contributed by atoms with E-state index in [1.165, 1.54) is 55.6 Å². The number of carbonyl (C=O) groups excluding carboxylic acids is 2. The number of esters is 1. The average Bonchev–Trinajstić information content (AvgIpc) is 2.74. The third-order valence-corrected chi connectivity index (χ3v) is 6.47. The van der Waals surface area contributed by atoms with Crippen LogP contribution in [-0.4, -0.2) is 27.4 Å². The van der Waals surface area contributed by atoms with Crippen molar-refractivity contribution in [3.63, 3.8) is 0 Å². The Morgan fingerprint density at radius 1 is 0.844 bits per heavy atom. The van der Waals surface area contributed by atoms with Crippen LogP contribution in [0.25, 0.3) is 0 Å². The summed E-state index contributed by atoms with van der Waals surface area (Å²) >= 11 is 12.2. The molecular weight excluding hydrogens is 475 g/mol. The van der Waals surface area contributed by atoms with E-state index in [1.807, 2.05) is 6.92 Å². The molecule has 3 aromatic carbocycles. The number of sulfonamides is 1. The molecule has 10 heteroatoms. The van der Waals surface area contributed by atoms with E-state index in [0.29, 0.717) is 5.69 Å². The van der Waals surface area contributed by atoms with Crippen molar-refractivity contribution in [2.75, 3.05) is 17.1 Å². The average molecular weight is 493 g/mol. The SMILES string of the molecule is COC(=O)c1cc(NC(=O)c2ccc(NS(=O)(=O)c3ccc(C)cc3)cc2Cl)ccc1Cl. The van der Waals surface area contributed by atoms with E-state index >= 15 is 0 Å². The van der Waals surface area contributed by atoms with Gasteiger partial charge in [0.15, 0.2) is 0 Å². The number of methoxy groups -OCH3 is 1. The molecule has 2 N–H and O–H groups in total. The van der Waals surface area contributed by atoms with Crippen LogP contribution in [0.4, 0.5) is 11.4 Å². The maximum absolute atomic E-state index is 12.6. The molecule has 3 aromatic rings. The van der Waals surface area contributed by atoms with Crippen LogP contribution in [0.5, 0.6) is 0 Å². The molecule has 0 atom stereocenters. The van der Waals surface area contributed by atoms with Gasteiger partial charge in [0.25, 0.3) is 15.9 Å². The number of anilines is 2. The van der Waals surface area contributed by atoms with Crippen LogP contribution in [0.3, 0.4) is 0 Å². The van der Waals surface area contributed by atoms with Crippen molar-refractivity contribution < 1.29 is 22.7 Å². The van der Waals surface area contributed by atoms with Crippen molar-refractivity contribution in [3.8, 4) is 0 Å². The lowest BCUT2D eigenvalue weighted by atomic mass is 10.1. The van der Waals surface area contributed by atoms with Crippen LogP contribution in [0.1, 0.15) is 26.3 Å². The predicted molar refractivity (Wildman–Crippen MR) is 124 cm³/mol. The first kappa shape index (κ1) is 23.6. The van der Waals surface area contributed by atoms with Crippen molar-refractivity contribution in [3.05, 3.63) is 87.4 Å². The van der Waals surface area contributed by atoms with Gasteiger partial charge in [0.2, 0.25) is 0 Å². The van der Waals surface area contributed by atoms with E-state index in [4.69, 9.17) is 23.2 Å². The molecule has 0 radical (unpaired) electrons. The van der Waals surface area contributed by atoms with Gasteiger partial charge < -0.3 is 10.1 Å². The smallest absolute Gasteiger partial charge is 0.339 e. The molecule has 0 aromatic heterocycles. The molecule has 0 bridgehead atoms. The molecular formula is C22H18Cl2N2O5S. The third-order valence-electron chi connectivity index (χ3n) is 4.43. The van der Waals surface area contributed by atoms with Crippen molar-refractivity contribution in [2.24, 2.45) is 0 Å². The molecule has 166 valence electrons. The summed E-state index contributed by atoms with van der Waals surface area (Å²) in [7, 11) is -2.59. The van der Waals surface area contributed by atoms with Gasteiger partial charge in [0, 0.05) is 5.69 Å². The van der Waals surface area contributed by atoms with Crippen molar-refractivity contribution in [2.45, 2.75) is 11.8 Å². The summed E-state index contributed by atoms with van der Waals surface area (Å²) in [6.07, 6.45) is 0. The van der Waals surface area contributed by atoms with Crippen LogP contribution in [0, 0.1) is 6.92 Å². The number of ether oxygens (including phenoxy) is 1. The molecule has 7 nitrogen and oxygen atoms in total. The molecule has 1 amide bonds. The van der Waals surface area contributed by atoms with Crippen molar-refractivity contribution >= 4 is 56.5 Å². The fourth-order valence-electron chi connectivity index (χ4n) is 2.76. The highest BCUT2D eigenvalue weighted by Gasteiger charge is 2.17. The van der Waals surface area contributed by atoms with Gasteiger partial charge in [-0.3, -0.25) is 9.52 Å². The number of amides is 1. The molecule has 0 aliphatic carbocycles. The normalized spacial score (nSPS) is 11.0. The molecule has 0 heterocycles. The van der Waals surface area contributed by atoms with Crippen molar-refractivity contribution in [1.82, 2.24) is 0 Å². The zero-order valence-electron chi connectivity index (χ0n) is 17.0. The van der Waals surface area contributed by atoms with E-state index in [0.717, 1.165) is 5.56 Å². The lowest BCUT2D eigenvalue weighted by Crippen LogP contribution is -2.15. The lowest BCUT2D eigenvalue weighted by molar-refractivity contribution is 0.0600. The molecule has 0 spiro atoms. The fourth-order valence-corrected chi connectivity index (χ4v) is 4.27. The highest BCUT2D eigenvalue weighted by atomic mass is 35.5.